The Kier molecular flexibility index (Phi) is 7.98. The van der Waals surface area contributed by atoms with Crippen LogP contribution < -0.4 is 4.74 Å². The zero-order valence-corrected chi connectivity index (χ0v) is 16.9. The third-order valence-electron chi connectivity index (χ3n) is 4.72. The topological polar surface area (TPSA) is 76.5 Å². The van der Waals surface area contributed by atoms with Crippen LogP contribution in [-0.2, 0) is 16.0 Å². The van der Waals surface area contributed by atoms with Crippen molar-refractivity contribution >= 4 is 23.1 Å². The summed E-state index contributed by atoms with van der Waals surface area (Å²) in [5.74, 6) is -0.726. The molecule has 6 heteroatoms. The van der Waals surface area contributed by atoms with Gasteiger partial charge in [-0.3, -0.25) is 9.59 Å². The lowest BCUT2D eigenvalue weighted by molar-refractivity contribution is -0.146. The molecule has 146 valence electrons. The number of carboxylic acid groups (broad SMARTS) is 1. The van der Waals surface area contributed by atoms with Crippen LogP contribution in [0, 0.1) is 11.8 Å². The Bertz CT molecular complexity index is 750. The molecule has 0 aliphatic rings. The number of Topliss-reactive ketones (excluding diaryl/α,β-unsaturated/α-hetero) is 1. The van der Waals surface area contributed by atoms with Gasteiger partial charge in [0.15, 0.2) is 0 Å². The minimum absolute atomic E-state index is 0.0290. The Balaban J connectivity index is 2.01. The monoisotopic (exact) mass is 389 g/mol. The van der Waals surface area contributed by atoms with Gasteiger partial charge in [-0.05, 0) is 37.1 Å². The molecule has 27 heavy (non-hydrogen) atoms. The van der Waals surface area contributed by atoms with Gasteiger partial charge in [0.25, 0.3) is 0 Å². The number of aromatic nitrogens is 1. The molecule has 0 fully saturated rings. The SMILES string of the molecule is CCOc1ccc(-c2nc(CC(=O)CC(C(=O)O)C(CC)CC)cs2)cc1. The molecule has 0 aliphatic heterocycles. The van der Waals surface area contributed by atoms with Crippen LogP contribution in [0.1, 0.15) is 45.7 Å². The molecule has 0 saturated carbocycles. The van der Waals surface area contributed by atoms with Gasteiger partial charge in [-0.15, -0.1) is 11.3 Å². The molecule has 1 aromatic carbocycles. The van der Waals surface area contributed by atoms with E-state index >= 15 is 0 Å². The highest BCUT2D eigenvalue weighted by Gasteiger charge is 2.28. The number of ether oxygens (including phenoxy) is 1. The van der Waals surface area contributed by atoms with Gasteiger partial charge in [0, 0.05) is 23.8 Å². The number of carbonyl (C=O) groups is 2. The van der Waals surface area contributed by atoms with E-state index in [0.717, 1.165) is 29.2 Å². The molecule has 5 nitrogen and oxygen atoms in total. The third-order valence-corrected chi connectivity index (χ3v) is 5.67. The van der Waals surface area contributed by atoms with E-state index in [1.54, 1.807) is 0 Å². The van der Waals surface area contributed by atoms with Crippen LogP contribution >= 0.6 is 11.3 Å². The second-order valence-electron chi connectivity index (χ2n) is 6.54. The maximum Gasteiger partial charge on any atom is 0.307 e. The average Bonchev–Trinajstić information content (AvgIpc) is 3.11. The number of thiazole rings is 1. The van der Waals surface area contributed by atoms with Crippen LogP contribution in [0.2, 0.25) is 0 Å². The minimum atomic E-state index is -0.884. The van der Waals surface area contributed by atoms with Crippen LogP contribution in [0.3, 0.4) is 0 Å². The van der Waals surface area contributed by atoms with E-state index in [0.29, 0.717) is 12.3 Å². The molecule has 1 atom stereocenters. The summed E-state index contributed by atoms with van der Waals surface area (Å²) >= 11 is 1.48. The molecule has 2 rings (SSSR count). The Hall–Kier alpha value is -2.21. The molecule has 0 saturated heterocycles. The fraction of sp³-hybridized carbons (Fsp3) is 0.476. The Morgan fingerprint density at radius 1 is 1.15 bits per heavy atom. The quantitative estimate of drug-likeness (QED) is 0.595. The van der Waals surface area contributed by atoms with E-state index in [2.05, 4.69) is 4.98 Å². The Morgan fingerprint density at radius 2 is 1.81 bits per heavy atom. The van der Waals surface area contributed by atoms with Gasteiger partial charge in [-0.1, -0.05) is 26.7 Å². The van der Waals surface area contributed by atoms with Gasteiger partial charge in [-0.2, -0.15) is 0 Å². The molecule has 1 aromatic heterocycles. The molecule has 0 bridgehead atoms. The molecule has 2 aromatic rings. The first-order valence-corrected chi connectivity index (χ1v) is 10.3. The van der Waals surface area contributed by atoms with Crippen LogP contribution in [0.4, 0.5) is 0 Å². The zero-order chi connectivity index (χ0) is 19.8. The number of carboxylic acids is 1. The van der Waals surface area contributed by atoms with E-state index in [-0.39, 0.29) is 24.5 Å². The van der Waals surface area contributed by atoms with Crippen LogP contribution in [0.25, 0.3) is 10.6 Å². The lowest BCUT2D eigenvalue weighted by Crippen LogP contribution is -2.26. The molecular weight excluding hydrogens is 362 g/mol. The molecule has 0 aliphatic carbocycles. The van der Waals surface area contributed by atoms with Crippen molar-refractivity contribution in [1.29, 1.82) is 0 Å². The highest BCUT2D eigenvalue weighted by molar-refractivity contribution is 7.13. The van der Waals surface area contributed by atoms with Crippen LogP contribution in [-0.4, -0.2) is 28.4 Å². The molecule has 1 heterocycles. The predicted molar refractivity (Wildman–Crippen MR) is 107 cm³/mol. The summed E-state index contributed by atoms with van der Waals surface area (Å²) in [5, 5.41) is 12.2. The van der Waals surface area contributed by atoms with Crippen molar-refractivity contribution < 1.29 is 19.4 Å². The van der Waals surface area contributed by atoms with E-state index in [4.69, 9.17) is 4.74 Å². The van der Waals surface area contributed by atoms with Crippen molar-refractivity contribution in [2.24, 2.45) is 11.8 Å². The highest BCUT2D eigenvalue weighted by Crippen LogP contribution is 2.27. The second kappa shape index (κ2) is 10.2. The molecule has 0 amide bonds. The standard InChI is InChI=1S/C21H27NO4S/c1-4-14(5-2)19(21(24)25)12-17(23)11-16-13-27-20(22-16)15-7-9-18(10-8-15)26-6-3/h7-10,13-14,19H,4-6,11-12H2,1-3H3,(H,24,25). The predicted octanol–water partition coefficient (Wildman–Crippen LogP) is 4.85. The van der Waals surface area contributed by atoms with E-state index in [1.807, 2.05) is 50.4 Å². The first kappa shape index (κ1) is 21.1. The maximum absolute atomic E-state index is 12.4. The fourth-order valence-electron chi connectivity index (χ4n) is 3.21. The van der Waals surface area contributed by atoms with Gasteiger partial charge >= 0.3 is 5.97 Å². The van der Waals surface area contributed by atoms with Gasteiger partial charge in [0.05, 0.1) is 18.2 Å². The first-order valence-electron chi connectivity index (χ1n) is 9.40. The minimum Gasteiger partial charge on any atom is -0.494 e. The summed E-state index contributed by atoms with van der Waals surface area (Å²) in [6, 6.07) is 7.70. The molecular formula is C21H27NO4S. The summed E-state index contributed by atoms with van der Waals surface area (Å²) in [4.78, 5) is 28.5. The van der Waals surface area contributed by atoms with Crippen molar-refractivity contribution in [3.05, 3.63) is 35.3 Å². The van der Waals surface area contributed by atoms with Crippen molar-refractivity contribution in [2.75, 3.05) is 6.61 Å². The summed E-state index contributed by atoms with van der Waals surface area (Å²) in [5.41, 5.74) is 1.67. The van der Waals surface area contributed by atoms with Gasteiger partial charge in [0.1, 0.15) is 16.5 Å². The van der Waals surface area contributed by atoms with E-state index in [9.17, 15) is 14.7 Å². The number of benzene rings is 1. The highest BCUT2D eigenvalue weighted by atomic mass is 32.1. The normalized spacial score (nSPS) is 12.1. The van der Waals surface area contributed by atoms with Gasteiger partial charge in [-0.25, -0.2) is 4.98 Å². The van der Waals surface area contributed by atoms with Crippen molar-refractivity contribution in [3.63, 3.8) is 0 Å². The van der Waals surface area contributed by atoms with Gasteiger partial charge in [0.2, 0.25) is 0 Å². The number of hydrogen-bond donors (Lipinski definition) is 1. The lowest BCUT2D eigenvalue weighted by Gasteiger charge is -2.20. The van der Waals surface area contributed by atoms with E-state index < -0.39 is 11.9 Å². The van der Waals surface area contributed by atoms with Crippen LogP contribution in [0.5, 0.6) is 5.75 Å². The van der Waals surface area contributed by atoms with E-state index in [1.165, 1.54) is 11.3 Å². The smallest absolute Gasteiger partial charge is 0.307 e. The summed E-state index contributed by atoms with van der Waals surface area (Å²) < 4.78 is 5.44. The van der Waals surface area contributed by atoms with Crippen molar-refractivity contribution in [2.45, 2.75) is 46.5 Å². The summed E-state index contributed by atoms with van der Waals surface area (Å²) in [6.07, 6.45) is 1.77. The second-order valence-corrected chi connectivity index (χ2v) is 7.40. The summed E-state index contributed by atoms with van der Waals surface area (Å²) in [7, 11) is 0. The van der Waals surface area contributed by atoms with Gasteiger partial charge < -0.3 is 9.84 Å². The number of hydrogen-bond acceptors (Lipinski definition) is 5. The number of carbonyl (C=O) groups excluding carboxylic acids is 1. The largest absolute Gasteiger partial charge is 0.494 e. The first-order chi connectivity index (χ1) is 13.0. The fourth-order valence-corrected chi connectivity index (χ4v) is 4.04. The Labute approximate surface area is 164 Å². The average molecular weight is 390 g/mol. The number of rotatable bonds is 11. The maximum atomic E-state index is 12.4. The number of nitrogens with zero attached hydrogens (tertiary/aromatic N) is 1. The lowest BCUT2D eigenvalue weighted by atomic mass is 9.84. The van der Waals surface area contributed by atoms with Crippen molar-refractivity contribution in [3.8, 4) is 16.3 Å². The Morgan fingerprint density at radius 3 is 2.37 bits per heavy atom. The summed E-state index contributed by atoms with van der Waals surface area (Å²) in [6.45, 7) is 6.50. The number of ketones is 1. The number of aliphatic carboxylic acids is 1. The third kappa shape index (κ3) is 5.89. The zero-order valence-electron chi connectivity index (χ0n) is 16.1. The van der Waals surface area contributed by atoms with Crippen LogP contribution in [0.15, 0.2) is 29.6 Å². The molecule has 1 N–H and O–H groups in total. The molecule has 1 unspecified atom stereocenters. The molecule has 0 radical (unpaired) electrons. The molecule has 0 spiro atoms. The van der Waals surface area contributed by atoms with Crippen molar-refractivity contribution in [1.82, 2.24) is 4.98 Å².